The standard InChI is InChI=1S/C5H8N6O/c1-3-5(9-11-7)4(2-12-3)8-10-6/h3-5H,2H2,1H3/t3-,4-,5+/m1/s1/i1T. The summed E-state index contributed by atoms with van der Waals surface area (Å²) < 4.78 is 12.2. The van der Waals surface area contributed by atoms with Crippen molar-refractivity contribution in [2.75, 3.05) is 6.61 Å². The van der Waals surface area contributed by atoms with Crippen LogP contribution in [0.5, 0.6) is 0 Å². The maximum absolute atomic E-state index is 8.23. The molecule has 0 spiro atoms. The fourth-order valence-corrected chi connectivity index (χ4v) is 1.05. The molecule has 0 aliphatic carbocycles. The maximum Gasteiger partial charge on any atom is 0.0740 e. The number of hydrogen-bond acceptors (Lipinski definition) is 3. The van der Waals surface area contributed by atoms with Gasteiger partial charge in [-0.15, -0.1) is 0 Å². The lowest BCUT2D eigenvalue weighted by molar-refractivity contribution is 0.118. The van der Waals surface area contributed by atoms with Gasteiger partial charge in [-0.1, -0.05) is 10.2 Å². The molecule has 0 radical (unpaired) electrons. The van der Waals surface area contributed by atoms with Crippen LogP contribution in [0.15, 0.2) is 10.2 Å². The summed E-state index contributed by atoms with van der Waals surface area (Å²) in [7, 11) is 0. The van der Waals surface area contributed by atoms with Crippen LogP contribution in [0.25, 0.3) is 20.9 Å². The molecular formula is C5H8N6O. The van der Waals surface area contributed by atoms with Gasteiger partial charge >= 0.3 is 0 Å². The highest BCUT2D eigenvalue weighted by atomic mass is 16.5. The van der Waals surface area contributed by atoms with Gasteiger partial charge in [0.15, 0.2) is 0 Å². The molecule has 3 atom stereocenters. The molecule has 0 aromatic rings. The van der Waals surface area contributed by atoms with Crippen molar-refractivity contribution in [3.05, 3.63) is 20.9 Å². The molecule has 0 bridgehead atoms. The summed E-state index contributed by atoms with van der Waals surface area (Å²) in [6.07, 6.45) is -0.452. The lowest BCUT2D eigenvalue weighted by Crippen LogP contribution is -2.23. The highest BCUT2D eigenvalue weighted by molar-refractivity contribution is 4.92. The Hall–Kier alpha value is -1.42. The first-order valence-electron chi connectivity index (χ1n) is 4.03. The van der Waals surface area contributed by atoms with Crippen LogP contribution >= 0.6 is 0 Å². The summed E-state index contributed by atoms with van der Waals surface area (Å²) in [6.45, 7) is 0.221. The van der Waals surface area contributed by atoms with Crippen molar-refractivity contribution in [2.45, 2.75) is 25.1 Å². The van der Waals surface area contributed by atoms with Crippen molar-refractivity contribution in [3.63, 3.8) is 0 Å². The van der Waals surface area contributed by atoms with E-state index in [1.165, 1.54) is 0 Å². The lowest BCUT2D eigenvalue weighted by Gasteiger charge is -2.08. The third-order valence-electron chi connectivity index (χ3n) is 1.64. The Bertz CT molecular complexity index is 270. The first kappa shape index (κ1) is 7.24. The van der Waals surface area contributed by atoms with Crippen LogP contribution in [0.3, 0.4) is 0 Å². The van der Waals surface area contributed by atoms with E-state index in [2.05, 4.69) is 20.1 Å². The van der Waals surface area contributed by atoms with Crippen molar-refractivity contribution in [1.29, 1.82) is 0 Å². The van der Waals surface area contributed by atoms with Gasteiger partial charge in [-0.25, -0.2) is 0 Å². The molecule has 1 aliphatic rings. The molecule has 0 amide bonds. The molecule has 7 nitrogen and oxygen atoms in total. The first-order valence-corrected chi connectivity index (χ1v) is 3.32. The van der Waals surface area contributed by atoms with Crippen molar-refractivity contribution in [2.24, 2.45) is 10.2 Å². The fourth-order valence-electron chi connectivity index (χ4n) is 1.05. The molecule has 0 saturated carbocycles. The van der Waals surface area contributed by atoms with Crippen molar-refractivity contribution < 1.29 is 6.11 Å². The van der Waals surface area contributed by atoms with Gasteiger partial charge in [0.25, 0.3) is 0 Å². The molecule has 64 valence electrons. The molecule has 1 heterocycles. The van der Waals surface area contributed by atoms with Gasteiger partial charge in [-0.05, 0) is 18.0 Å². The number of nitrogens with zero attached hydrogens (tertiary/aromatic N) is 6. The minimum Gasteiger partial charge on any atom is -0.378 e. The molecule has 1 aliphatic heterocycles. The SMILES string of the molecule is [3H]C[C@H]1OC[C@@H](N=[N+]=[N-])[C@H]1N=[N+]=[N-]. The summed E-state index contributed by atoms with van der Waals surface area (Å²) in [6, 6.07) is -1.02. The van der Waals surface area contributed by atoms with Crippen molar-refractivity contribution >= 4 is 0 Å². The molecule has 1 rings (SSSR count). The van der Waals surface area contributed by atoms with E-state index in [0.717, 1.165) is 0 Å². The zero-order chi connectivity index (χ0) is 9.68. The van der Waals surface area contributed by atoms with Crippen molar-refractivity contribution in [3.8, 4) is 0 Å². The lowest BCUT2D eigenvalue weighted by atomic mass is 10.1. The Labute approximate surface area is 70.0 Å². The molecule has 1 fully saturated rings. The molecule has 0 aromatic heterocycles. The van der Waals surface area contributed by atoms with E-state index in [-0.39, 0.29) is 13.5 Å². The highest BCUT2D eigenvalue weighted by Gasteiger charge is 2.32. The Kier molecular flexibility index (Phi) is 2.31. The zero-order valence-corrected chi connectivity index (χ0v) is 6.24. The third kappa shape index (κ3) is 1.60. The summed E-state index contributed by atoms with van der Waals surface area (Å²) in [5.74, 6) is 0. The van der Waals surface area contributed by atoms with E-state index in [4.69, 9.17) is 17.2 Å². The van der Waals surface area contributed by atoms with E-state index >= 15 is 0 Å². The first-order chi connectivity index (χ1) is 6.33. The quantitative estimate of drug-likeness (QED) is 0.351. The smallest absolute Gasteiger partial charge is 0.0740 e. The van der Waals surface area contributed by atoms with Gasteiger partial charge in [-0.3, -0.25) is 0 Å². The Morgan fingerprint density at radius 3 is 2.83 bits per heavy atom. The second-order valence-electron chi connectivity index (χ2n) is 2.34. The number of ether oxygens (including phenoxy) is 1. The summed E-state index contributed by atoms with van der Waals surface area (Å²) in [5, 5.41) is 6.88. The largest absolute Gasteiger partial charge is 0.378 e. The second kappa shape index (κ2) is 3.82. The summed E-state index contributed by atoms with van der Waals surface area (Å²) >= 11 is 0. The van der Waals surface area contributed by atoms with E-state index in [0.29, 0.717) is 0 Å². The Morgan fingerprint density at radius 1 is 1.50 bits per heavy atom. The average Bonchev–Trinajstić information content (AvgIpc) is 2.50. The Balaban J connectivity index is 2.77. The van der Waals surface area contributed by atoms with Gasteiger partial charge in [0.05, 0.1) is 24.8 Å². The molecule has 1 saturated heterocycles. The monoisotopic (exact) mass is 170 g/mol. The highest BCUT2D eigenvalue weighted by Crippen LogP contribution is 2.20. The predicted octanol–water partition coefficient (Wildman–Crippen LogP) is 1.76. The van der Waals surface area contributed by atoms with E-state index in [9.17, 15) is 0 Å². The molecule has 0 N–H and O–H groups in total. The molecule has 0 unspecified atom stereocenters. The summed E-state index contributed by atoms with van der Waals surface area (Å²) in [5.41, 5.74) is 16.4. The van der Waals surface area contributed by atoms with Crippen LogP contribution in [0.2, 0.25) is 0 Å². The predicted molar refractivity (Wildman–Crippen MR) is 41.3 cm³/mol. The van der Waals surface area contributed by atoms with Crippen LogP contribution in [0, 0.1) is 0 Å². The maximum atomic E-state index is 8.23. The number of rotatable bonds is 2. The zero-order valence-electron chi connectivity index (χ0n) is 7.24. The molecule has 7 heteroatoms. The topological polar surface area (TPSA) is 107 Å². The van der Waals surface area contributed by atoms with Crippen LogP contribution in [-0.2, 0) is 4.74 Å². The van der Waals surface area contributed by atoms with Crippen LogP contribution in [0.4, 0.5) is 0 Å². The van der Waals surface area contributed by atoms with Crippen LogP contribution in [-0.4, -0.2) is 24.8 Å². The van der Waals surface area contributed by atoms with E-state index < -0.39 is 18.2 Å². The Morgan fingerprint density at radius 2 is 2.25 bits per heavy atom. The van der Waals surface area contributed by atoms with Crippen molar-refractivity contribution in [1.82, 2.24) is 0 Å². The van der Waals surface area contributed by atoms with Gasteiger partial charge in [-0.2, -0.15) is 0 Å². The fraction of sp³-hybridized carbons (Fsp3) is 1.00. The molecule has 12 heavy (non-hydrogen) atoms. The molecular weight excluding hydrogens is 160 g/mol. The average molecular weight is 170 g/mol. The van der Waals surface area contributed by atoms with Gasteiger partial charge in [0.2, 0.25) is 0 Å². The normalized spacial score (nSPS) is 34.7. The summed E-state index contributed by atoms with van der Waals surface area (Å²) in [4.78, 5) is 5.25. The van der Waals surface area contributed by atoms with E-state index in [1.807, 2.05) is 0 Å². The molecule has 0 aromatic carbocycles. The minimum absolute atomic E-state index is 0.00113. The number of azide groups is 2. The minimum atomic E-state index is -0.543. The van der Waals surface area contributed by atoms with Crippen LogP contribution in [0.1, 0.15) is 8.27 Å². The van der Waals surface area contributed by atoms with E-state index in [1.54, 1.807) is 0 Å². The van der Waals surface area contributed by atoms with Gasteiger partial charge in [0.1, 0.15) is 0 Å². The second-order valence-corrected chi connectivity index (χ2v) is 2.34. The third-order valence-corrected chi connectivity index (χ3v) is 1.64. The van der Waals surface area contributed by atoms with Gasteiger partial charge in [0, 0.05) is 11.2 Å². The van der Waals surface area contributed by atoms with Gasteiger partial charge < -0.3 is 4.74 Å². The van der Waals surface area contributed by atoms with Crippen LogP contribution < -0.4 is 0 Å². The number of hydrogen-bond donors (Lipinski definition) is 0.